The molecule has 166 valence electrons. The normalized spacial score (nSPS) is 15.6. The van der Waals surface area contributed by atoms with Crippen LogP contribution in [0.2, 0.25) is 0 Å². The first kappa shape index (κ1) is 23.4. The van der Waals surface area contributed by atoms with Crippen LogP contribution in [0.3, 0.4) is 0 Å². The average molecular weight is 462 g/mol. The van der Waals surface area contributed by atoms with E-state index in [0.29, 0.717) is 17.7 Å². The maximum absolute atomic E-state index is 12.3. The van der Waals surface area contributed by atoms with E-state index in [-0.39, 0.29) is 24.0 Å². The van der Waals surface area contributed by atoms with Gasteiger partial charge in [-0.05, 0) is 55.2 Å². The summed E-state index contributed by atoms with van der Waals surface area (Å²) in [7, 11) is 0. The predicted molar refractivity (Wildman–Crippen MR) is 129 cm³/mol. The van der Waals surface area contributed by atoms with Crippen LogP contribution in [0.5, 0.6) is 0 Å². The summed E-state index contributed by atoms with van der Waals surface area (Å²) in [5.74, 6) is 0.622. The number of quaternary nitrogens is 1. The molecule has 7 nitrogen and oxygen atoms in total. The number of anilines is 2. The lowest BCUT2D eigenvalue weighted by Gasteiger charge is -2.35. The topological polar surface area (TPSA) is 90.0 Å². The van der Waals surface area contributed by atoms with Crippen LogP contribution in [-0.2, 0) is 0 Å². The Morgan fingerprint density at radius 3 is 2.55 bits per heavy atom. The Kier molecular flexibility index (Phi) is 8.22. The summed E-state index contributed by atoms with van der Waals surface area (Å²) in [5.41, 5.74) is 6.48. The number of carbonyl (C=O) groups is 1. The minimum absolute atomic E-state index is 0. The molecule has 1 fully saturated rings. The number of hydrogen-bond donors (Lipinski definition) is 2. The molecule has 1 aliphatic heterocycles. The number of aromatic nitrogens is 1. The van der Waals surface area contributed by atoms with Crippen molar-refractivity contribution in [2.45, 2.75) is 12.8 Å². The Morgan fingerprint density at radius 2 is 1.77 bits per heavy atom. The molecule has 1 saturated heterocycles. The van der Waals surface area contributed by atoms with E-state index in [1.165, 1.54) is 10.1 Å². The number of hydroxylamine groups is 2. The Labute approximate surface area is 192 Å². The van der Waals surface area contributed by atoms with Crippen molar-refractivity contribution >= 4 is 51.4 Å². The molecule has 1 amide bonds. The highest BCUT2D eigenvalue weighted by Crippen LogP contribution is 2.29. The number of hydrogen-bond acceptors (Lipinski definition) is 7. The number of para-hydroxylation sites is 1. The average Bonchev–Trinajstić information content (AvgIpc) is 3.21. The zero-order chi connectivity index (χ0) is 20.9. The van der Waals surface area contributed by atoms with Crippen molar-refractivity contribution < 1.29 is 9.86 Å². The van der Waals surface area contributed by atoms with Crippen LogP contribution in [0.25, 0.3) is 10.1 Å². The minimum atomic E-state index is -0.475. The van der Waals surface area contributed by atoms with Gasteiger partial charge in [-0.1, -0.05) is 24.3 Å². The predicted octanol–water partition coefficient (Wildman–Crippen LogP) is 2.43. The van der Waals surface area contributed by atoms with Crippen molar-refractivity contribution in [1.29, 1.82) is 0 Å². The van der Waals surface area contributed by atoms with E-state index in [2.05, 4.69) is 38.4 Å². The Bertz CT molecular complexity index is 1010. The summed E-state index contributed by atoms with van der Waals surface area (Å²) < 4.78 is 5.89. The molecular weight excluding hydrogens is 434 g/mol. The molecule has 1 aliphatic rings. The van der Waals surface area contributed by atoms with Crippen LogP contribution in [-0.4, -0.2) is 54.4 Å². The number of rotatable bonds is 7. The second-order valence-corrected chi connectivity index (χ2v) is 8.43. The van der Waals surface area contributed by atoms with Crippen molar-refractivity contribution in [2.75, 3.05) is 49.9 Å². The van der Waals surface area contributed by atoms with Crippen LogP contribution in [0.4, 0.5) is 11.5 Å². The molecule has 3 N–H and O–H groups in total. The van der Waals surface area contributed by atoms with Crippen LogP contribution in [0.15, 0.2) is 48.5 Å². The molecule has 0 radical (unpaired) electrons. The zero-order valence-corrected chi connectivity index (χ0v) is 19.0. The Hall–Kier alpha value is -2.23. The lowest BCUT2D eigenvalue weighted by atomic mass is 10.1. The molecule has 1 aromatic heterocycles. The largest absolute Gasteiger partial charge is 0.626 e. The summed E-state index contributed by atoms with van der Waals surface area (Å²) in [6.45, 7) is 5.11. The highest BCUT2D eigenvalue weighted by molar-refractivity contribution is 7.13. The number of carbonyl (C=O) groups excluding carboxylic acids is 1. The fraction of sp³-hybridized carbons (Fsp3) is 0.364. The maximum Gasteiger partial charge on any atom is 0.346 e. The second kappa shape index (κ2) is 10.9. The Morgan fingerprint density at radius 1 is 1.06 bits per heavy atom. The minimum Gasteiger partial charge on any atom is -0.626 e. The van der Waals surface area contributed by atoms with E-state index < -0.39 is 5.91 Å². The number of halogens is 1. The van der Waals surface area contributed by atoms with Gasteiger partial charge in [-0.25, -0.2) is 4.79 Å². The molecule has 31 heavy (non-hydrogen) atoms. The summed E-state index contributed by atoms with van der Waals surface area (Å²) >= 11 is 1.56. The van der Waals surface area contributed by atoms with E-state index in [1.54, 1.807) is 35.8 Å². The number of nitrogens with one attached hydrogen (secondary N) is 1. The van der Waals surface area contributed by atoms with E-state index in [4.69, 9.17) is 5.73 Å². The monoisotopic (exact) mass is 461 g/mol. The summed E-state index contributed by atoms with van der Waals surface area (Å²) in [4.78, 5) is 17.0. The van der Waals surface area contributed by atoms with Gasteiger partial charge in [-0.3, -0.25) is 4.90 Å². The quantitative estimate of drug-likeness (QED) is 0.319. The van der Waals surface area contributed by atoms with Crippen molar-refractivity contribution in [3.63, 3.8) is 0 Å². The second-order valence-electron chi connectivity index (χ2n) is 7.63. The summed E-state index contributed by atoms with van der Waals surface area (Å²) in [5, 5.41) is 13.1. The standard InChI is InChI=1S/C22H27N5O2S.ClH/c23-19-9-3-1-7-17(19)22(28)27(29)12-6-5-11-25-13-15-26(16-14-25)21-18-8-2-4-10-20(18)30-24-21;/h1-4,7-10,27H,5-6,11-16,23H2;1H. The fourth-order valence-electron chi connectivity index (χ4n) is 3.87. The molecule has 0 bridgehead atoms. The molecule has 1 atom stereocenters. The summed E-state index contributed by atoms with van der Waals surface area (Å²) in [6, 6.07) is 15.1. The van der Waals surface area contributed by atoms with E-state index in [1.807, 2.05) is 0 Å². The molecule has 3 aromatic rings. The molecular formula is C22H28ClN5O2S. The van der Waals surface area contributed by atoms with Crippen molar-refractivity contribution in [3.05, 3.63) is 59.3 Å². The van der Waals surface area contributed by atoms with E-state index >= 15 is 0 Å². The smallest absolute Gasteiger partial charge is 0.346 e. The van der Waals surface area contributed by atoms with Crippen molar-refractivity contribution in [3.8, 4) is 0 Å². The van der Waals surface area contributed by atoms with Gasteiger partial charge in [0.05, 0.1) is 11.2 Å². The van der Waals surface area contributed by atoms with Gasteiger partial charge in [0.25, 0.3) is 0 Å². The number of nitrogens with zero attached hydrogens (tertiary/aromatic N) is 3. The first-order valence-corrected chi connectivity index (χ1v) is 11.1. The molecule has 2 heterocycles. The molecule has 0 spiro atoms. The molecule has 0 saturated carbocycles. The van der Waals surface area contributed by atoms with Gasteiger partial charge in [0.2, 0.25) is 0 Å². The third kappa shape index (κ3) is 5.53. The van der Waals surface area contributed by atoms with Crippen LogP contribution in [0.1, 0.15) is 23.2 Å². The molecule has 4 rings (SSSR count). The molecule has 2 aromatic carbocycles. The third-order valence-corrected chi connectivity index (χ3v) is 6.43. The number of piperazine rings is 1. The van der Waals surface area contributed by atoms with Gasteiger partial charge >= 0.3 is 5.91 Å². The van der Waals surface area contributed by atoms with Crippen LogP contribution in [0, 0.1) is 5.21 Å². The SMILES string of the molecule is Cl.Nc1ccccc1C(=O)[NH+]([O-])CCCCN1CCN(c2nsc3ccccc23)CC1. The number of benzene rings is 2. The van der Waals surface area contributed by atoms with Gasteiger partial charge < -0.3 is 20.9 Å². The first-order valence-electron chi connectivity index (χ1n) is 10.4. The molecule has 1 unspecified atom stereocenters. The highest BCUT2D eigenvalue weighted by atomic mass is 35.5. The lowest BCUT2D eigenvalue weighted by molar-refractivity contribution is -0.757. The van der Waals surface area contributed by atoms with Gasteiger partial charge in [-0.2, -0.15) is 4.37 Å². The first-order chi connectivity index (χ1) is 14.6. The van der Waals surface area contributed by atoms with Gasteiger partial charge in [0.1, 0.15) is 11.4 Å². The highest BCUT2D eigenvalue weighted by Gasteiger charge is 2.21. The molecule has 9 heteroatoms. The van der Waals surface area contributed by atoms with Gasteiger partial charge in [0.15, 0.2) is 0 Å². The Balaban J connectivity index is 0.00000272. The lowest BCUT2D eigenvalue weighted by Crippen LogP contribution is -3.10. The number of nitrogens with two attached hydrogens (primary N) is 1. The zero-order valence-electron chi connectivity index (χ0n) is 17.3. The molecule has 0 aliphatic carbocycles. The van der Waals surface area contributed by atoms with E-state index in [9.17, 15) is 10.0 Å². The maximum atomic E-state index is 12.3. The van der Waals surface area contributed by atoms with Crippen LogP contribution < -0.4 is 15.7 Å². The van der Waals surface area contributed by atoms with Crippen molar-refractivity contribution in [2.24, 2.45) is 0 Å². The third-order valence-electron chi connectivity index (χ3n) is 5.62. The fourth-order valence-corrected chi connectivity index (χ4v) is 4.67. The van der Waals surface area contributed by atoms with Gasteiger partial charge in [-0.15, -0.1) is 12.4 Å². The van der Waals surface area contributed by atoms with Gasteiger partial charge in [0, 0.05) is 37.3 Å². The summed E-state index contributed by atoms with van der Waals surface area (Å²) in [6.07, 6.45) is 1.62. The van der Waals surface area contributed by atoms with Crippen LogP contribution >= 0.6 is 23.9 Å². The number of nitrogen functional groups attached to an aromatic ring is 1. The number of fused-ring (bicyclic) bond motifs is 1. The van der Waals surface area contributed by atoms with Crippen molar-refractivity contribution in [1.82, 2.24) is 9.27 Å². The number of amides is 1. The van der Waals surface area contributed by atoms with E-state index in [0.717, 1.165) is 45.0 Å². The number of unbranched alkanes of at least 4 members (excludes halogenated alkanes) is 1.